The number of benzene rings is 9. The van der Waals surface area contributed by atoms with Gasteiger partial charge in [0.15, 0.2) is 8.07 Å². The van der Waals surface area contributed by atoms with E-state index in [2.05, 4.69) is 223 Å². The molecule has 0 amide bonds. The van der Waals surface area contributed by atoms with Crippen LogP contribution in [-0.4, -0.2) is 12.6 Å². The third-order valence-electron chi connectivity index (χ3n) is 11.8. The Balaban J connectivity index is 1.19. The molecule has 0 saturated heterocycles. The first-order valence-corrected chi connectivity index (χ1v) is 21.6. The zero-order valence-corrected chi connectivity index (χ0v) is 32.2. The number of rotatable bonds is 7. The summed E-state index contributed by atoms with van der Waals surface area (Å²) >= 11 is 0. The number of nitrogens with zero attached hydrogens (tertiary/aromatic N) is 1. The highest BCUT2D eigenvalue weighted by atomic mass is 28.3. The molecular formula is C54H37NOSi. The monoisotopic (exact) mass is 743 g/mol. The van der Waals surface area contributed by atoms with E-state index in [9.17, 15) is 0 Å². The minimum Gasteiger partial charge on any atom is -0.456 e. The smallest absolute Gasteiger partial charge is 0.179 e. The lowest BCUT2D eigenvalue weighted by atomic mass is 10.0. The van der Waals surface area contributed by atoms with Crippen molar-refractivity contribution in [1.29, 1.82) is 0 Å². The van der Waals surface area contributed by atoms with E-state index in [1.54, 1.807) is 0 Å². The normalized spacial score (nSPS) is 12.7. The fourth-order valence-electron chi connectivity index (χ4n) is 9.13. The second-order valence-corrected chi connectivity index (χ2v) is 18.7. The minimum atomic E-state index is -2.99. The molecule has 57 heavy (non-hydrogen) atoms. The molecule has 0 fully saturated rings. The second kappa shape index (κ2) is 13.5. The average molecular weight is 744 g/mol. The molecule has 0 saturated carbocycles. The Morgan fingerprint density at radius 3 is 1.60 bits per heavy atom. The maximum Gasteiger partial charge on any atom is 0.179 e. The summed E-state index contributed by atoms with van der Waals surface area (Å²) in [5, 5.41) is 10.1. The molecule has 11 rings (SSSR count). The summed E-state index contributed by atoms with van der Waals surface area (Å²) in [7, 11) is -2.99. The Kier molecular flexibility index (Phi) is 7.87. The van der Waals surface area contributed by atoms with E-state index in [-0.39, 0.29) is 0 Å². The Hall–Kier alpha value is -7.20. The van der Waals surface area contributed by atoms with Crippen molar-refractivity contribution < 1.29 is 4.42 Å². The Labute approximate surface area is 332 Å². The van der Waals surface area contributed by atoms with Crippen molar-refractivity contribution in [2.45, 2.75) is 0 Å². The van der Waals surface area contributed by atoms with Crippen LogP contribution in [0.15, 0.2) is 229 Å². The maximum absolute atomic E-state index is 6.40. The fourth-order valence-corrected chi connectivity index (χ4v) is 13.9. The van der Waals surface area contributed by atoms with Crippen molar-refractivity contribution in [1.82, 2.24) is 4.57 Å². The molecular weight excluding hydrogens is 707 g/mol. The van der Waals surface area contributed by atoms with Crippen LogP contribution in [0.1, 0.15) is 0 Å². The number of hydrogen-bond donors (Lipinski definition) is 0. The molecule has 3 heteroatoms. The first kappa shape index (κ1) is 33.2. The Bertz CT molecular complexity index is 3220. The summed E-state index contributed by atoms with van der Waals surface area (Å²) in [6.45, 7) is 0. The zero-order chi connectivity index (χ0) is 37.8. The van der Waals surface area contributed by atoms with Crippen molar-refractivity contribution in [3.63, 3.8) is 0 Å². The third-order valence-corrected chi connectivity index (χ3v) is 16.5. The lowest BCUT2D eigenvalue weighted by Crippen LogP contribution is -2.74. The summed E-state index contributed by atoms with van der Waals surface area (Å²) in [5.74, 6) is 0. The van der Waals surface area contributed by atoms with Crippen molar-refractivity contribution in [2.24, 2.45) is 0 Å². The van der Waals surface area contributed by atoms with Gasteiger partial charge in [-0.15, -0.1) is 0 Å². The molecule has 0 spiro atoms. The quantitative estimate of drug-likeness (QED) is 0.117. The molecule has 1 atom stereocenters. The van der Waals surface area contributed by atoms with Crippen LogP contribution in [0, 0.1) is 0 Å². The summed E-state index contributed by atoms with van der Waals surface area (Å²) in [6, 6.07) is 82.4. The van der Waals surface area contributed by atoms with Gasteiger partial charge in [0.1, 0.15) is 11.2 Å². The van der Waals surface area contributed by atoms with Crippen molar-refractivity contribution in [3.05, 3.63) is 224 Å². The lowest BCUT2D eigenvalue weighted by molar-refractivity contribution is 0.669. The van der Waals surface area contributed by atoms with Crippen LogP contribution in [0.3, 0.4) is 0 Å². The summed E-state index contributed by atoms with van der Waals surface area (Å²) in [4.78, 5) is 0. The molecule has 2 heterocycles. The maximum atomic E-state index is 6.40. The molecule has 268 valence electrons. The molecule has 0 bridgehead atoms. The van der Waals surface area contributed by atoms with Crippen LogP contribution < -0.4 is 20.7 Å². The lowest BCUT2D eigenvalue weighted by Gasteiger charge is -2.35. The molecule has 0 aliphatic rings. The molecule has 1 unspecified atom stereocenters. The van der Waals surface area contributed by atoms with E-state index in [1.165, 1.54) is 64.8 Å². The van der Waals surface area contributed by atoms with E-state index >= 15 is 0 Å². The number of para-hydroxylation sites is 2. The van der Waals surface area contributed by atoms with Crippen LogP contribution in [0.5, 0.6) is 0 Å². The van der Waals surface area contributed by atoms with E-state index in [0.717, 1.165) is 27.6 Å². The van der Waals surface area contributed by atoms with Gasteiger partial charge in [0.2, 0.25) is 0 Å². The number of fused-ring (bicyclic) bond motifs is 6. The van der Waals surface area contributed by atoms with Crippen LogP contribution in [0.25, 0.3) is 71.7 Å². The van der Waals surface area contributed by atoms with Crippen molar-refractivity contribution >= 4 is 72.6 Å². The van der Waals surface area contributed by atoms with Gasteiger partial charge < -0.3 is 8.98 Å². The van der Waals surface area contributed by atoms with Crippen LogP contribution in [0.2, 0.25) is 0 Å². The molecule has 2 aromatic heterocycles. The molecule has 0 radical (unpaired) electrons. The van der Waals surface area contributed by atoms with Gasteiger partial charge >= 0.3 is 0 Å². The first-order chi connectivity index (χ1) is 28.3. The highest BCUT2D eigenvalue weighted by molar-refractivity contribution is 7.20. The van der Waals surface area contributed by atoms with Crippen LogP contribution >= 0.6 is 0 Å². The van der Waals surface area contributed by atoms with E-state index in [4.69, 9.17) is 4.42 Å². The first-order valence-electron chi connectivity index (χ1n) is 19.6. The molecule has 0 aliphatic heterocycles. The van der Waals surface area contributed by atoms with Crippen LogP contribution in [0.4, 0.5) is 0 Å². The summed E-state index contributed by atoms with van der Waals surface area (Å²) < 4.78 is 8.86. The molecule has 2 nitrogen and oxygen atoms in total. The van der Waals surface area contributed by atoms with Gasteiger partial charge in [0.25, 0.3) is 0 Å². The number of hydrogen-bond acceptors (Lipinski definition) is 1. The molecule has 11 aromatic rings. The van der Waals surface area contributed by atoms with E-state index in [1.807, 2.05) is 6.07 Å². The minimum absolute atomic E-state index is 0.907. The van der Waals surface area contributed by atoms with Gasteiger partial charge in [-0.1, -0.05) is 182 Å². The van der Waals surface area contributed by atoms with Crippen molar-refractivity contribution in [3.8, 4) is 27.9 Å². The van der Waals surface area contributed by atoms with Crippen molar-refractivity contribution in [2.75, 3.05) is 0 Å². The second-order valence-electron chi connectivity index (χ2n) is 14.9. The predicted octanol–water partition coefficient (Wildman–Crippen LogP) is 11.4. The number of aromatic nitrogens is 1. The van der Waals surface area contributed by atoms with Gasteiger partial charge in [-0.05, 0) is 85.5 Å². The fraction of sp³-hybridized carbons (Fsp3) is 0. The van der Waals surface area contributed by atoms with Gasteiger partial charge in [-0.2, -0.15) is 0 Å². The average Bonchev–Trinajstić information content (AvgIpc) is 3.83. The largest absolute Gasteiger partial charge is 0.456 e. The Morgan fingerprint density at radius 1 is 0.298 bits per heavy atom. The van der Waals surface area contributed by atoms with Gasteiger partial charge in [-0.25, -0.2) is 0 Å². The summed E-state index contributed by atoms with van der Waals surface area (Å²) in [5.41, 5.74) is 10.2. The topological polar surface area (TPSA) is 18.1 Å². The Morgan fingerprint density at radius 2 is 0.825 bits per heavy atom. The van der Waals surface area contributed by atoms with E-state index < -0.39 is 8.07 Å². The SMILES string of the molecule is c1ccc(-c2ccc([Si](c3ccccc3)(c3cccc(-n4c5ccccc5c5cc(-c6ccccc6)ccc54)c3)c3ccc4oc5ccccc5c4c3)cc2)cc1. The standard InChI is InChI=1S/C54H37NOSi/c1-4-15-38(16-5-1)40-27-30-44(31-28-40)57(43-20-8-3-9-21-43,46-32-34-54-50(37-46)48-24-11-13-26-53(48)56-54)45-22-14-19-42(36-45)55-51-25-12-10-23-47(51)49-35-41(29-33-52(49)55)39-17-6-2-7-18-39/h1-37H. The predicted molar refractivity (Wildman–Crippen MR) is 243 cm³/mol. The van der Waals surface area contributed by atoms with Gasteiger partial charge in [-0.3, -0.25) is 0 Å². The van der Waals surface area contributed by atoms with Gasteiger partial charge in [0, 0.05) is 27.2 Å². The molecule has 0 aliphatic carbocycles. The summed E-state index contributed by atoms with van der Waals surface area (Å²) in [6.07, 6.45) is 0. The third kappa shape index (κ3) is 5.39. The highest BCUT2D eigenvalue weighted by Gasteiger charge is 2.42. The zero-order valence-electron chi connectivity index (χ0n) is 31.2. The molecule has 0 N–H and O–H groups in total. The molecule has 9 aromatic carbocycles. The van der Waals surface area contributed by atoms with Crippen LogP contribution in [-0.2, 0) is 0 Å². The number of furan rings is 1. The van der Waals surface area contributed by atoms with E-state index in [0.29, 0.717) is 0 Å². The highest BCUT2D eigenvalue weighted by Crippen LogP contribution is 2.35. The van der Waals surface area contributed by atoms with Gasteiger partial charge in [0.05, 0.1) is 11.0 Å².